The molecule has 0 spiro atoms. The summed E-state index contributed by atoms with van der Waals surface area (Å²) in [5, 5.41) is 16.2. The lowest BCUT2D eigenvalue weighted by Gasteiger charge is -2.27. The fraction of sp³-hybridized carbons (Fsp3) is 0.682. The van der Waals surface area contributed by atoms with Gasteiger partial charge < -0.3 is 15.9 Å². The van der Waals surface area contributed by atoms with Gasteiger partial charge in [-0.3, -0.25) is 4.79 Å². The second-order valence-electron chi connectivity index (χ2n) is 7.55. The number of unbranched alkanes of at least 4 members (excludes halogenated alkanes) is 3. The van der Waals surface area contributed by atoms with Crippen molar-refractivity contribution >= 4 is 5.97 Å². The first-order chi connectivity index (χ1) is 12.5. The molecule has 4 heteroatoms. The number of benzene rings is 1. The summed E-state index contributed by atoms with van der Waals surface area (Å²) >= 11 is 0. The minimum Gasteiger partial charge on any atom is -0.481 e. The maximum Gasteiger partial charge on any atom is 0.300 e. The predicted molar refractivity (Wildman–Crippen MR) is 107 cm³/mol. The highest BCUT2D eigenvalue weighted by Gasteiger charge is 2.20. The number of carboxylic acid groups (broad SMARTS) is 1. The van der Waals surface area contributed by atoms with Crippen molar-refractivity contribution in [2.45, 2.75) is 71.1 Å². The van der Waals surface area contributed by atoms with E-state index in [9.17, 15) is 0 Å². The standard InChI is InChI=1S/C20H33NO.C2H4O2/c21-16-20-12-10-19(11-13-20)15-18-8-6-17(7-9-18)5-3-1-2-4-14-22;1-2(3)4/h6-9,19-20,22H,1-5,10-16,21H2;1H3,(H,3,4). The van der Waals surface area contributed by atoms with Gasteiger partial charge in [0.15, 0.2) is 0 Å². The molecule has 0 atom stereocenters. The molecule has 0 saturated heterocycles. The van der Waals surface area contributed by atoms with Crippen molar-refractivity contribution in [2.24, 2.45) is 17.6 Å². The Hall–Kier alpha value is -1.39. The van der Waals surface area contributed by atoms with Crippen LogP contribution in [0.25, 0.3) is 0 Å². The van der Waals surface area contributed by atoms with E-state index < -0.39 is 5.97 Å². The van der Waals surface area contributed by atoms with Crippen LogP contribution < -0.4 is 5.73 Å². The fourth-order valence-corrected chi connectivity index (χ4v) is 3.64. The van der Waals surface area contributed by atoms with Gasteiger partial charge in [-0.05, 0) is 80.9 Å². The van der Waals surface area contributed by atoms with Gasteiger partial charge in [0.1, 0.15) is 0 Å². The SMILES string of the molecule is CC(=O)O.NCC1CCC(Cc2ccc(CCCCCCO)cc2)CC1. The van der Waals surface area contributed by atoms with E-state index in [-0.39, 0.29) is 0 Å². The van der Waals surface area contributed by atoms with Gasteiger partial charge in [0.25, 0.3) is 5.97 Å². The number of rotatable bonds is 9. The second-order valence-corrected chi connectivity index (χ2v) is 7.55. The van der Waals surface area contributed by atoms with Crippen molar-refractivity contribution in [3.05, 3.63) is 35.4 Å². The van der Waals surface area contributed by atoms with Crippen LogP contribution in [0.15, 0.2) is 24.3 Å². The Morgan fingerprint density at radius 1 is 0.962 bits per heavy atom. The Balaban J connectivity index is 0.000000765. The third-order valence-corrected chi connectivity index (χ3v) is 5.22. The molecular formula is C22H37NO3. The molecule has 1 aliphatic carbocycles. The number of hydrogen-bond donors (Lipinski definition) is 3. The van der Waals surface area contributed by atoms with E-state index in [1.807, 2.05) is 0 Å². The van der Waals surface area contributed by atoms with Crippen LogP contribution in [0.2, 0.25) is 0 Å². The number of nitrogens with two attached hydrogens (primary N) is 1. The fourth-order valence-electron chi connectivity index (χ4n) is 3.64. The largest absolute Gasteiger partial charge is 0.481 e. The zero-order valence-corrected chi connectivity index (χ0v) is 16.3. The van der Waals surface area contributed by atoms with Gasteiger partial charge in [-0.15, -0.1) is 0 Å². The molecule has 26 heavy (non-hydrogen) atoms. The van der Waals surface area contributed by atoms with Crippen LogP contribution in [0.5, 0.6) is 0 Å². The molecule has 4 N–H and O–H groups in total. The first-order valence-electron chi connectivity index (χ1n) is 10.1. The van der Waals surface area contributed by atoms with Gasteiger partial charge in [0.05, 0.1) is 0 Å². The van der Waals surface area contributed by atoms with Crippen molar-refractivity contribution in [3.63, 3.8) is 0 Å². The first-order valence-corrected chi connectivity index (χ1v) is 10.1. The minimum absolute atomic E-state index is 0.335. The highest BCUT2D eigenvalue weighted by molar-refractivity contribution is 5.62. The molecule has 1 aliphatic rings. The van der Waals surface area contributed by atoms with Crippen molar-refractivity contribution in [1.29, 1.82) is 0 Å². The summed E-state index contributed by atoms with van der Waals surface area (Å²) in [5.74, 6) is 0.816. The number of aliphatic hydroxyl groups excluding tert-OH is 1. The topological polar surface area (TPSA) is 83.5 Å². The Kier molecular flexibility index (Phi) is 12.0. The number of aliphatic hydroxyl groups is 1. The van der Waals surface area contributed by atoms with Crippen LogP contribution in [0.4, 0.5) is 0 Å². The van der Waals surface area contributed by atoms with Crippen molar-refractivity contribution in [1.82, 2.24) is 0 Å². The number of carboxylic acids is 1. The Morgan fingerprint density at radius 3 is 2.00 bits per heavy atom. The number of aryl methyl sites for hydroxylation is 1. The van der Waals surface area contributed by atoms with Crippen LogP contribution in [0.3, 0.4) is 0 Å². The third kappa shape index (κ3) is 10.6. The lowest BCUT2D eigenvalue weighted by Crippen LogP contribution is -2.22. The molecule has 1 aromatic rings. The molecule has 1 fully saturated rings. The highest BCUT2D eigenvalue weighted by atomic mass is 16.4. The molecule has 1 aromatic carbocycles. The van der Waals surface area contributed by atoms with Gasteiger partial charge in [0.2, 0.25) is 0 Å². The molecule has 0 unspecified atom stereocenters. The van der Waals surface area contributed by atoms with Crippen LogP contribution in [0, 0.1) is 11.8 Å². The molecule has 0 bridgehead atoms. The number of hydrogen-bond acceptors (Lipinski definition) is 3. The molecule has 0 amide bonds. The molecule has 0 heterocycles. The van der Waals surface area contributed by atoms with Gasteiger partial charge >= 0.3 is 0 Å². The molecular weight excluding hydrogens is 326 g/mol. The van der Waals surface area contributed by atoms with Crippen LogP contribution in [-0.2, 0) is 17.6 Å². The molecule has 1 saturated carbocycles. The second kappa shape index (κ2) is 13.8. The monoisotopic (exact) mass is 363 g/mol. The van der Waals surface area contributed by atoms with Gasteiger partial charge in [-0.25, -0.2) is 0 Å². The maximum absolute atomic E-state index is 9.00. The summed E-state index contributed by atoms with van der Waals surface area (Å²) in [7, 11) is 0. The normalized spacial score (nSPS) is 19.5. The molecule has 0 aliphatic heterocycles. The van der Waals surface area contributed by atoms with Crippen molar-refractivity contribution in [2.75, 3.05) is 13.2 Å². The number of aliphatic carboxylic acids is 1. The Labute approximate surface area is 158 Å². The average Bonchev–Trinajstić information content (AvgIpc) is 2.63. The van der Waals surface area contributed by atoms with E-state index in [1.54, 1.807) is 0 Å². The zero-order chi connectivity index (χ0) is 19.2. The number of carbonyl (C=O) groups is 1. The summed E-state index contributed by atoms with van der Waals surface area (Å²) in [6.45, 7) is 2.29. The lowest BCUT2D eigenvalue weighted by molar-refractivity contribution is -0.134. The van der Waals surface area contributed by atoms with E-state index in [0.29, 0.717) is 6.61 Å². The van der Waals surface area contributed by atoms with Gasteiger partial charge in [-0.1, -0.05) is 37.1 Å². The van der Waals surface area contributed by atoms with E-state index in [2.05, 4.69) is 24.3 Å². The van der Waals surface area contributed by atoms with E-state index >= 15 is 0 Å². The predicted octanol–water partition coefficient (Wildman–Crippen LogP) is 4.18. The Bertz CT molecular complexity index is 475. The molecule has 0 aromatic heterocycles. The summed E-state index contributed by atoms with van der Waals surface area (Å²) in [6.07, 6.45) is 12.4. The van der Waals surface area contributed by atoms with Gasteiger partial charge in [0, 0.05) is 13.5 Å². The molecule has 148 valence electrons. The maximum atomic E-state index is 9.00. The molecule has 0 radical (unpaired) electrons. The Morgan fingerprint density at radius 2 is 1.46 bits per heavy atom. The summed E-state index contributed by atoms with van der Waals surface area (Å²) in [5.41, 5.74) is 8.73. The van der Waals surface area contributed by atoms with Gasteiger partial charge in [-0.2, -0.15) is 0 Å². The average molecular weight is 364 g/mol. The molecule has 4 nitrogen and oxygen atoms in total. The summed E-state index contributed by atoms with van der Waals surface area (Å²) < 4.78 is 0. The zero-order valence-electron chi connectivity index (χ0n) is 16.3. The van der Waals surface area contributed by atoms with Crippen LogP contribution in [0.1, 0.15) is 69.4 Å². The summed E-state index contributed by atoms with van der Waals surface area (Å²) in [6, 6.07) is 9.29. The van der Waals surface area contributed by atoms with Crippen LogP contribution in [-0.4, -0.2) is 29.3 Å². The summed E-state index contributed by atoms with van der Waals surface area (Å²) in [4.78, 5) is 9.00. The minimum atomic E-state index is -0.833. The highest BCUT2D eigenvalue weighted by Crippen LogP contribution is 2.30. The third-order valence-electron chi connectivity index (χ3n) is 5.22. The quantitative estimate of drug-likeness (QED) is 0.575. The van der Waals surface area contributed by atoms with Crippen molar-refractivity contribution in [3.8, 4) is 0 Å². The molecule has 2 rings (SSSR count). The lowest BCUT2D eigenvalue weighted by atomic mass is 9.79. The first kappa shape index (κ1) is 22.7. The van der Waals surface area contributed by atoms with Crippen LogP contribution >= 0.6 is 0 Å². The smallest absolute Gasteiger partial charge is 0.300 e. The van der Waals surface area contributed by atoms with E-state index in [1.165, 1.54) is 62.5 Å². The van der Waals surface area contributed by atoms with E-state index in [0.717, 1.165) is 38.1 Å². The van der Waals surface area contributed by atoms with Crippen molar-refractivity contribution < 1.29 is 15.0 Å². The van der Waals surface area contributed by atoms with E-state index in [4.69, 9.17) is 20.7 Å².